The smallest absolute Gasteiger partial charge is 0.271 e. The molecule has 72 valence electrons. The molecule has 0 aliphatic heterocycles. The number of hydrogen-bond acceptors (Lipinski definition) is 1. The lowest BCUT2D eigenvalue weighted by Crippen LogP contribution is -2.14. The lowest BCUT2D eigenvalue weighted by atomic mass is 10.1. The fraction of sp³-hybridized carbons (Fsp3) is 0.182. The molecule has 1 aromatic heterocycles. The molecule has 0 unspecified atom stereocenters. The van der Waals surface area contributed by atoms with Crippen LogP contribution in [0.25, 0.3) is 5.69 Å². The molecule has 0 radical (unpaired) electrons. The highest BCUT2D eigenvalue weighted by Gasteiger charge is 2.02. The molecule has 0 fully saturated rings. The molecular weight excluding hydrogens is 176 g/mol. The fourth-order valence-corrected chi connectivity index (χ4v) is 1.57. The van der Waals surface area contributed by atoms with E-state index < -0.39 is 0 Å². The Hall–Kier alpha value is -1.77. The van der Waals surface area contributed by atoms with Crippen molar-refractivity contribution in [2.24, 2.45) is 0 Å². The Bertz CT molecular complexity index is 508. The van der Waals surface area contributed by atoms with Gasteiger partial charge in [-0.1, -0.05) is 17.7 Å². The minimum absolute atomic E-state index is 0.0306. The second kappa shape index (κ2) is 3.18. The van der Waals surface area contributed by atoms with Gasteiger partial charge in [-0.25, -0.2) is 4.68 Å². The van der Waals surface area contributed by atoms with Gasteiger partial charge in [0.1, 0.15) is 0 Å². The van der Waals surface area contributed by atoms with Gasteiger partial charge in [-0.05, 0) is 25.5 Å². The molecule has 0 spiro atoms. The average molecular weight is 188 g/mol. The predicted octanol–water partition coefficient (Wildman–Crippen LogP) is 1.78. The first-order valence-corrected chi connectivity index (χ1v) is 4.52. The van der Waals surface area contributed by atoms with Crippen molar-refractivity contribution in [1.82, 2.24) is 9.78 Å². The van der Waals surface area contributed by atoms with Gasteiger partial charge in [0.15, 0.2) is 0 Å². The zero-order valence-corrected chi connectivity index (χ0v) is 8.24. The van der Waals surface area contributed by atoms with Crippen LogP contribution in [-0.4, -0.2) is 9.78 Å². The summed E-state index contributed by atoms with van der Waals surface area (Å²) in [5.41, 5.74) is 3.17. The maximum Gasteiger partial charge on any atom is 0.271 e. The summed E-state index contributed by atoms with van der Waals surface area (Å²) in [7, 11) is 0. The van der Waals surface area contributed by atoms with E-state index in [-0.39, 0.29) is 5.56 Å². The maximum absolute atomic E-state index is 11.4. The number of nitrogens with one attached hydrogen (secondary N) is 1. The summed E-state index contributed by atoms with van der Waals surface area (Å²) in [6, 6.07) is 7.51. The van der Waals surface area contributed by atoms with Crippen LogP contribution in [0.2, 0.25) is 0 Å². The minimum atomic E-state index is -0.0306. The van der Waals surface area contributed by atoms with E-state index in [0.717, 1.165) is 11.3 Å². The lowest BCUT2D eigenvalue weighted by Gasteiger charge is -2.06. The van der Waals surface area contributed by atoms with Gasteiger partial charge in [-0.2, -0.15) is 0 Å². The summed E-state index contributed by atoms with van der Waals surface area (Å²) in [4.78, 5) is 11.4. The van der Waals surface area contributed by atoms with Crippen molar-refractivity contribution in [2.75, 3.05) is 0 Å². The van der Waals surface area contributed by atoms with E-state index >= 15 is 0 Å². The number of rotatable bonds is 1. The molecule has 3 nitrogen and oxygen atoms in total. The van der Waals surface area contributed by atoms with Crippen LogP contribution in [0.15, 0.2) is 35.3 Å². The van der Waals surface area contributed by atoms with Crippen LogP contribution in [0, 0.1) is 13.8 Å². The number of aromatic amines is 1. The molecule has 3 heteroatoms. The average Bonchev–Trinajstić information content (AvgIpc) is 2.52. The van der Waals surface area contributed by atoms with Gasteiger partial charge in [0.05, 0.1) is 5.69 Å². The quantitative estimate of drug-likeness (QED) is 0.727. The Balaban J connectivity index is 2.63. The highest BCUT2D eigenvalue weighted by molar-refractivity contribution is 5.41. The van der Waals surface area contributed by atoms with Gasteiger partial charge in [0.2, 0.25) is 0 Å². The molecule has 0 aliphatic rings. The van der Waals surface area contributed by atoms with Gasteiger partial charge < -0.3 is 0 Å². The van der Waals surface area contributed by atoms with Gasteiger partial charge >= 0.3 is 0 Å². The normalized spacial score (nSPS) is 10.4. The van der Waals surface area contributed by atoms with E-state index in [2.05, 4.69) is 11.2 Å². The molecular formula is C11H12N2O. The van der Waals surface area contributed by atoms with E-state index in [1.165, 1.54) is 16.3 Å². The summed E-state index contributed by atoms with van der Waals surface area (Å²) in [6.07, 6.45) is 1.64. The summed E-state index contributed by atoms with van der Waals surface area (Å²) >= 11 is 0. The van der Waals surface area contributed by atoms with Gasteiger partial charge in [-0.3, -0.25) is 9.89 Å². The number of benzene rings is 1. The van der Waals surface area contributed by atoms with Gasteiger partial charge in [-0.15, -0.1) is 0 Å². The Morgan fingerprint density at radius 1 is 1.21 bits per heavy atom. The first-order valence-electron chi connectivity index (χ1n) is 4.52. The van der Waals surface area contributed by atoms with Crippen molar-refractivity contribution in [3.63, 3.8) is 0 Å². The van der Waals surface area contributed by atoms with E-state index in [1.807, 2.05) is 26.0 Å². The fourth-order valence-electron chi connectivity index (χ4n) is 1.57. The van der Waals surface area contributed by atoms with Gasteiger partial charge in [0.25, 0.3) is 5.56 Å². The lowest BCUT2D eigenvalue weighted by molar-refractivity contribution is 0.842. The summed E-state index contributed by atoms with van der Waals surface area (Å²) in [6.45, 7) is 4.03. The number of aryl methyl sites for hydroxylation is 2. The van der Waals surface area contributed by atoms with Crippen molar-refractivity contribution < 1.29 is 0 Å². The first kappa shape index (κ1) is 8.81. The van der Waals surface area contributed by atoms with Crippen molar-refractivity contribution in [3.05, 3.63) is 51.9 Å². The second-order valence-corrected chi connectivity index (χ2v) is 3.43. The van der Waals surface area contributed by atoms with Crippen molar-refractivity contribution in [2.45, 2.75) is 13.8 Å². The molecule has 0 amide bonds. The third-order valence-electron chi connectivity index (χ3n) is 2.24. The van der Waals surface area contributed by atoms with Crippen LogP contribution in [0.5, 0.6) is 0 Å². The largest absolute Gasteiger partial charge is 0.298 e. The van der Waals surface area contributed by atoms with Crippen molar-refractivity contribution in [3.8, 4) is 5.69 Å². The molecule has 0 atom stereocenters. The van der Waals surface area contributed by atoms with Crippen LogP contribution < -0.4 is 5.56 Å². The Morgan fingerprint density at radius 2 is 2.00 bits per heavy atom. The minimum Gasteiger partial charge on any atom is -0.298 e. The molecule has 0 saturated carbocycles. The zero-order valence-electron chi connectivity index (χ0n) is 8.24. The zero-order chi connectivity index (χ0) is 10.1. The molecule has 0 saturated heterocycles. The Morgan fingerprint density at radius 3 is 2.57 bits per heavy atom. The van der Waals surface area contributed by atoms with E-state index in [9.17, 15) is 4.79 Å². The first-order chi connectivity index (χ1) is 6.68. The summed E-state index contributed by atoms with van der Waals surface area (Å²) in [5, 5.41) is 2.89. The topological polar surface area (TPSA) is 37.8 Å². The third kappa shape index (κ3) is 1.37. The highest BCUT2D eigenvalue weighted by atomic mass is 16.1. The van der Waals surface area contributed by atoms with Crippen LogP contribution in [0.1, 0.15) is 11.1 Å². The monoisotopic (exact) mass is 188 g/mol. The number of nitrogens with zero attached hydrogens (tertiary/aromatic N) is 1. The molecule has 1 aromatic carbocycles. The number of H-pyrrole nitrogens is 1. The molecule has 14 heavy (non-hydrogen) atoms. The molecule has 1 N–H and O–H groups in total. The third-order valence-corrected chi connectivity index (χ3v) is 2.24. The van der Waals surface area contributed by atoms with E-state index in [0.29, 0.717) is 0 Å². The molecule has 1 heterocycles. The molecule has 2 aromatic rings. The van der Waals surface area contributed by atoms with Crippen LogP contribution in [-0.2, 0) is 0 Å². The van der Waals surface area contributed by atoms with E-state index in [1.54, 1.807) is 6.20 Å². The Kier molecular flexibility index (Phi) is 2.00. The predicted molar refractivity (Wildman–Crippen MR) is 55.9 cm³/mol. The van der Waals surface area contributed by atoms with E-state index in [4.69, 9.17) is 0 Å². The van der Waals surface area contributed by atoms with Crippen molar-refractivity contribution >= 4 is 0 Å². The number of hydrogen-bond donors (Lipinski definition) is 1. The summed E-state index contributed by atoms with van der Waals surface area (Å²) < 4.78 is 1.54. The molecule has 0 aliphatic carbocycles. The highest BCUT2D eigenvalue weighted by Crippen LogP contribution is 2.12. The summed E-state index contributed by atoms with van der Waals surface area (Å²) in [5.74, 6) is 0. The molecule has 0 bridgehead atoms. The SMILES string of the molecule is Cc1ccc(-n2[nH]ccc2=O)c(C)c1. The Labute approximate surface area is 82.0 Å². The number of aromatic nitrogens is 2. The maximum atomic E-state index is 11.4. The second-order valence-electron chi connectivity index (χ2n) is 3.43. The standard InChI is InChI=1S/C11H12N2O/c1-8-3-4-10(9(2)7-8)13-11(14)5-6-12-13/h3-7,12H,1-2H3. The van der Waals surface area contributed by atoms with Crippen LogP contribution >= 0.6 is 0 Å². The molecule has 2 rings (SSSR count). The van der Waals surface area contributed by atoms with Crippen LogP contribution in [0.4, 0.5) is 0 Å². The van der Waals surface area contributed by atoms with Crippen LogP contribution in [0.3, 0.4) is 0 Å². The van der Waals surface area contributed by atoms with Crippen molar-refractivity contribution in [1.29, 1.82) is 0 Å². The van der Waals surface area contributed by atoms with Gasteiger partial charge in [0, 0.05) is 12.3 Å².